The molecule has 0 fully saturated rings. The predicted octanol–water partition coefficient (Wildman–Crippen LogP) is 3.13. The van der Waals surface area contributed by atoms with E-state index in [0.717, 1.165) is 16.0 Å². The Morgan fingerprint density at radius 3 is 2.20 bits per heavy atom. The zero-order valence-corrected chi connectivity index (χ0v) is 14.7. The summed E-state index contributed by atoms with van der Waals surface area (Å²) in [5.74, 6) is -0.0664. The normalized spacial score (nSPS) is 14.3. The number of amides is 2. The number of carbonyl (C=O) groups is 2. The van der Waals surface area contributed by atoms with Gasteiger partial charge in [-0.15, -0.1) is 0 Å². The summed E-state index contributed by atoms with van der Waals surface area (Å²) in [5, 5.41) is 3.12. The van der Waals surface area contributed by atoms with Crippen LogP contribution in [0.5, 0.6) is 5.75 Å². The molecule has 5 nitrogen and oxygen atoms in total. The van der Waals surface area contributed by atoms with Crippen LogP contribution in [0.4, 0.5) is 5.69 Å². The summed E-state index contributed by atoms with van der Waals surface area (Å²) in [6.07, 6.45) is 0. The molecule has 0 saturated heterocycles. The number of ether oxygens (including phenoxy) is 1. The van der Waals surface area contributed by atoms with Gasteiger partial charge in [0.15, 0.2) is 0 Å². The van der Waals surface area contributed by atoms with Gasteiger partial charge in [0.05, 0.1) is 18.4 Å². The van der Waals surface area contributed by atoms with E-state index in [9.17, 15) is 9.59 Å². The van der Waals surface area contributed by atoms with E-state index >= 15 is 0 Å². The topological polar surface area (TPSA) is 58.6 Å². The summed E-state index contributed by atoms with van der Waals surface area (Å²) in [6.45, 7) is 3.93. The standard InChI is InChI=1S/C20H20N2O3/c1-12-5-8-14(9-6-12)17-18(20(24)22(3)19(17)23)21-15-11-13(2)7-10-16(15)25-4/h5-11,21H,1-4H3. The van der Waals surface area contributed by atoms with Crippen molar-refractivity contribution in [3.63, 3.8) is 0 Å². The molecule has 2 aromatic carbocycles. The van der Waals surface area contributed by atoms with Gasteiger partial charge in [0.25, 0.3) is 11.8 Å². The van der Waals surface area contributed by atoms with E-state index in [4.69, 9.17) is 4.74 Å². The molecule has 0 saturated carbocycles. The van der Waals surface area contributed by atoms with Gasteiger partial charge in [-0.3, -0.25) is 14.5 Å². The van der Waals surface area contributed by atoms with Crippen molar-refractivity contribution < 1.29 is 14.3 Å². The summed E-state index contributed by atoms with van der Waals surface area (Å²) in [6, 6.07) is 13.2. The van der Waals surface area contributed by atoms with E-state index < -0.39 is 0 Å². The molecule has 1 N–H and O–H groups in total. The molecule has 3 rings (SSSR count). The molecule has 0 atom stereocenters. The number of hydrogen-bond acceptors (Lipinski definition) is 4. The first kappa shape index (κ1) is 16.8. The molecule has 25 heavy (non-hydrogen) atoms. The molecule has 0 bridgehead atoms. The molecule has 0 spiro atoms. The van der Waals surface area contributed by atoms with Crippen molar-refractivity contribution in [2.24, 2.45) is 0 Å². The average molecular weight is 336 g/mol. The second-order valence-corrected chi connectivity index (χ2v) is 6.11. The maximum absolute atomic E-state index is 12.6. The number of carbonyl (C=O) groups excluding carboxylic acids is 2. The van der Waals surface area contributed by atoms with Gasteiger partial charge >= 0.3 is 0 Å². The lowest BCUT2D eigenvalue weighted by molar-refractivity contribution is -0.135. The summed E-state index contributed by atoms with van der Waals surface area (Å²) in [5.41, 5.74) is 4.10. The highest BCUT2D eigenvalue weighted by Crippen LogP contribution is 2.33. The molecule has 0 aliphatic carbocycles. The summed E-state index contributed by atoms with van der Waals surface area (Å²) < 4.78 is 5.36. The first-order valence-electron chi connectivity index (χ1n) is 7.97. The second kappa shape index (κ2) is 6.43. The lowest BCUT2D eigenvalue weighted by Crippen LogP contribution is -2.28. The fourth-order valence-electron chi connectivity index (χ4n) is 2.80. The number of nitrogens with zero attached hydrogens (tertiary/aromatic N) is 1. The van der Waals surface area contributed by atoms with E-state index in [1.54, 1.807) is 7.11 Å². The smallest absolute Gasteiger partial charge is 0.277 e. The molecular weight excluding hydrogens is 316 g/mol. The molecule has 0 aromatic heterocycles. The van der Waals surface area contributed by atoms with Crippen LogP contribution in [0, 0.1) is 13.8 Å². The number of likely N-dealkylation sites (N-methyl/N-ethyl adjacent to an activating group) is 1. The quantitative estimate of drug-likeness (QED) is 0.872. The molecule has 128 valence electrons. The van der Waals surface area contributed by atoms with Crippen molar-refractivity contribution in [2.45, 2.75) is 13.8 Å². The minimum Gasteiger partial charge on any atom is -0.495 e. The van der Waals surface area contributed by atoms with Crippen LogP contribution in [0.25, 0.3) is 5.57 Å². The van der Waals surface area contributed by atoms with Crippen molar-refractivity contribution in [1.82, 2.24) is 4.90 Å². The van der Waals surface area contributed by atoms with Gasteiger partial charge in [-0.05, 0) is 37.1 Å². The Labute approximate surface area is 146 Å². The lowest BCUT2D eigenvalue weighted by Gasteiger charge is -2.13. The Morgan fingerprint density at radius 1 is 0.920 bits per heavy atom. The van der Waals surface area contributed by atoms with E-state index in [2.05, 4.69) is 5.32 Å². The predicted molar refractivity (Wildman–Crippen MR) is 97.2 cm³/mol. The molecule has 2 amide bonds. The fourth-order valence-corrected chi connectivity index (χ4v) is 2.80. The Hall–Kier alpha value is -3.08. The molecule has 1 aliphatic heterocycles. The molecule has 1 aliphatic rings. The lowest BCUT2D eigenvalue weighted by atomic mass is 10.0. The third-order valence-electron chi connectivity index (χ3n) is 4.24. The number of nitrogens with one attached hydrogen (secondary N) is 1. The highest BCUT2D eigenvalue weighted by Gasteiger charge is 2.37. The van der Waals surface area contributed by atoms with Crippen molar-refractivity contribution in [1.29, 1.82) is 0 Å². The molecular formula is C20H20N2O3. The maximum Gasteiger partial charge on any atom is 0.277 e. The first-order chi connectivity index (χ1) is 11.9. The van der Waals surface area contributed by atoms with Crippen LogP contribution in [-0.4, -0.2) is 30.9 Å². The third kappa shape index (κ3) is 3.01. The maximum atomic E-state index is 12.6. The molecule has 5 heteroatoms. The second-order valence-electron chi connectivity index (χ2n) is 6.11. The van der Waals surface area contributed by atoms with E-state index in [1.807, 2.05) is 56.3 Å². The summed E-state index contributed by atoms with van der Waals surface area (Å²) >= 11 is 0. The van der Waals surface area contributed by atoms with Gasteiger partial charge in [0, 0.05) is 7.05 Å². The summed E-state index contributed by atoms with van der Waals surface area (Å²) in [7, 11) is 3.06. The van der Waals surface area contributed by atoms with Gasteiger partial charge in [0.1, 0.15) is 11.4 Å². The van der Waals surface area contributed by atoms with E-state index in [-0.39, 0.29) is 17.5 Å². The molecule has 0 radical (unpaired) electrons. The number of benzene rings is 2. The van der Waals surface area contributed by atoms with Crippen LogP contribution in [-0.2, 0) is 9.59 Å². The number of anilines is 1. The van der Waals surface area contributed by atoms with Gasteiger partial charge in [-0.1, -0.05) is 35.9 Å². The minimum atomic E-state index is -0.357. The van der Waals surface area contributed by atoms with Crippen molar-refractivity contribution >= 4 is 23.1 Å². The minimum absolute atomic E-state index is 0.264. The first-order valence-corrected chi connectivity index (χ1v) is 7.97. The molecule has 1 heterocycles. The zero-order valence-electron chi connectivity index (χ0n) is 14.7. The number of hydrogen-bond donors (Lipinski definition) is 1. The fraction of sp³-hybridized carbons (Fsp3) is 0.200. The van der Waals surface area contributed by atoms with E-state index in [0.29, 0.717) is 22.6 Å². The van der Waals surface area contributed by atoms with Crippen LogP contribution < -0.4 is 10.1 Å². The Kier molecular flexibility index (Phi) is 4.31. The Balaban J connectivity index is 2.12. The number of imide groups is 1. The monoisotopic (exact) mass is 336 g/mol. The van der Waals surface area contributed by atoms with Gasteiger partial charge in [-0.2, -0.15) is 0 Å². The zero-order chi connectivity index (χ0) is 18.1. The summed E-state index contributed by atoms with van der Waals surface area (Å²) in [4.78, 5) is 26.3. The van der Waals surface area contributed by atoms with Gasteiger partial charge < -0.3 is 10.1 Å². The van der Waals surface area contributed by atoms with Crippen LogP contribution >= 0.6 is 0 Å². The average Bonchev–Trinajstić information content (AvgIpc) is 2.80. The Morgan fingerprint density at radius 2 is 1.56 bits per heavy atom. The third-order valence-corrected chi connectivity index (χ3v) is 4.24. The number of rotatable bonds is 4. The van der Waals surface area contributed by atoms with Crippen LogP contribution in [0.1, 0.15) is 16.7 Å². The highest BCUT2D eigenvalue weighted by atomic mass is 16.5. The number of methoxy groups -OCH3 is 1. The van der Waals surface area contributed by atoms with Gasteiger partial charge in [-0.25, -0.2) is 0 Å². The van der Waals surface area contributed by atoms with Crippen LogP contribution in [0.3, 0.4) is 0 Å². The molecule has 0 unspecified atom stereocenters. The van der Waals surface area contributed by atoms with Crippen LogP contribution in [0.2, 0.25) is 0 Å². The largest absolute Gasteiger partial charge is 0.495 e. The van der Waals surface area contributed by atoms with Crippen molar-refractivity contribution in [3.05, 3.63) is 64.9 Å². The highest BCUT2D eigenvalue weighted by molar-refractivity contribution is 6.36. The van der Waals surface area contributed by atoms with Crippen molar-refractivity contribution in [3.8, 4) is 5.75 Å². The van der Waals surface area contributed by atoms with Crippen molar-refractivity contribution in [2.75, 3.05) is 19.5 Å². The van der Waals surface area contributed by atoms with E-state index in [1.165, 1.54) is 7.05 Å². The van der Waals surface area contributed by atoms with Crippen LogP contribution in [0.15, 0.2) is 48.2 Å². The SMILES string of the molecule is COc1ccc(C)cc1NC1=C(c2ccc(C)cc2)C(=O)N(C)C1=O. The van der Waals surface area contributed by atoms with Gasteiger partial charge in [0.2, 0.25) is 0 Å². The Bertz CT molecular complexity index is 882. The number of aryl methyl sites for hydroxylation is 2. The molecule has 2 aromatic rings.